The van der Waals surface area contributed by atoms with Gasteiger partial charge >= 0.3 is 0 Å². The summed E-state index contributed by atoms with van der Waals surface area (Å²) in [5.74, 6) is 0.874. The van der Waals surface area contributed by atoms with Crippen LogP contribution in [0.3, 0.4) is 0 Å². The Hall–Kier alpha value is -1.84. The monoisotopic (exact) mass is 299 g/mol. The van der Waals surface area contributed by atoms with Crippen LogP contribution in [0.4, 0.5) is 0 Å². The number of nitrogens with one attached hydrogen (secondary N) is 1. The summed E-state index contributed by atoms with van der Waals surface area (Å²) in [6, 6.07) is 16.6. The van der Waals surface area contributed by atoms with E-state index in [-0.39, 0.29) is 12.6 Å². The molecule has 2 aromatic rings. The second-order valence-electron chi connectivity index (χ2n) is 5.59. The van der Waals surface area contributed by atoms with Crippen LogP contribution in [-0.4, -0.2) is 17.8 Å². The Morgan fingerprint density at radius 2 is 1.86 bits per heavy atom. The SMILES string of the molecule is CC[C@H](CO)NCc1ccc(OCc2cccc(C)c2)cc1. The molecule has 2 N–H and O–H groups in total. The minimum Gasteiger partial charge on any atom is -0.489 e. The third kappa shape index (κ3) is 5.17. The highest BCUT2D eigenvalue weighted by Gasteiger charge is 2.03. The van der Waals surface area contributed by atoms with Gasteiger partial charge in [0.2, 0.25) is 0 Å². The fourth-order valence-electron chi connectivity index (χ4n) is 2.27. The molecule has 2 aromatic carbocycles. The highest BCUT2D eigenvalue weighted by molar-refractivity contribution is 5.28. The first-order valence-corrected chi connectivity index (χ1v) is 7.82. The second-order valence-corrected chi connectivity index (χ2v) is 5.59. The maximum absolute atomic E-state index is 9.16. The number of rotatable bonds is 8. The molecule has 0 aliphatic heterocycles. The van der Waals surface area contributed by atoms with Crippen molar-refractivity contribution in [3.8, 4) is 5.75 Å². The zero-order chi connectivity index (χ0) is 15.8. The van der Waals surface area contributed by atoms with E-state index in [2.05, 4.69) is 49.5 Å². The molecule has 0 unspecified atom stereocenters. The smallest absolute Gasteiger partial charge is 0.119 e. The number of hydrogen-bond donors (Lipinski definition) is 2. The van der Waals surface area contributed by atoms with E-state index in [1.807, 2.05) is 18.2 Å². The fourth-order valence-corrected chi connectivity index (χ4v) is 2.27. The lowest BCUT2D eigenvalue weighted by Gasteiger charge is -2.14. The number of aryl methyl sites for hydroxylation is 1. The maximum atomic E-state index is 9.16. The molecule has 0 spiro atoms. The lowest BCUT2D eigenvalue weighted by Crippen LogP contribution is -2.31. The second kappa shape index (κ2) is 8.57. The van der Waals surface area contributed by atoms with Crippen molar-refractivity contribution in [3.63, 3.8) is 0 Å². The Kier molecular flexibility index (Phi) is 6.44. The molecule has 3 nitrogen and oxygen atoms in total. The van der Waals surface area contributed by atoms with E-state index in [0.29, 0.717) is 6.61 Å². The van der Waals surface area contributed by atoms with E-state index in [1.165, 1.54) is 16.7 Å². The average Bonchev–Trinajstić information content (AvgIpc) is 2.55. The summed E-state index contributed by atoms with van der Waals surface area (Å²) in [4.78, 5) is 0. The summed E-state index contributed by atoms with van der Waals surface area (Å²) in [6.07, 6.45) is 0.925. The molecule has 0 radical (unpaired) electrons. The molecule has 0 aliphatic rings. The Bertz CT molecular complexity index is 562. The van der Waals surface area contributed by atoms with Crippen molar-refractivity contribution in [2.75, 3.05) is 6.61 Å². The predicted molar refractivity (Wildman–Crippen MR) is 90.0 cm³/mol. The van der Waals surface area contributed by atoms with Crippen LogP contribution in [0.5, 0.6) is 5.75 Å². The molecular formula is C19H25NO2. The summed E-state index contributed by atoms with van der Waals surface area (Å²) < 4.78 is 5.81. The Balaban J connectivity index is 1.84. The van der Waals surface area contributed by atoms with Crippen LogP contribution in [-0.2, 0) is 13.2 Å². The molecule has 22 heavy (non-hydrogen) atoms. The first kappa shape index (κ1) is 16.5. The number of benzene rings is 2. The van der Waals surface area contributed by atoms with Crippen molar-refractivity contribution in [3.05, 3.63) is 65.2 Å². The minimum absolute atomic E-state index is 0.164. The molecule has 2 rings (SSSR count). The van der Waals surface area contributed by atoms with Gasteiger partial charge in [-0.2, -0.15) is 0 Å². The molecule has 0 saturated carbocycles. The summed E-state index contributed by atoms with van der Waals surface area (Å²) in [5, 5.41) is 12.5. The van der Waals surface area contributed by atoms with Gasteiger partial charge in [-0.3, -0.25) is 0 Å². The fraction of sp³-hybridized carbons (Fsp3) is 0.368. The van der Waals surface area contributed by atoms with Gasteiger partial charge in [0.15, 0.2) is 0 Å². The Morgan fingerprint density at radius 1 is 1.09 bits per heavy atom. The van der Waals surface area contributed by atoms with Gasteiger partial charge in [0.25, 0.3) is 0 Å². The number of ether oxygens (including phenoxy) is 1. The normalized spacial score (nSPS) is 12.1. The third-order valence-corrected chi connectivity index (χ3v) is 3.72. The zero-order valence-electron chi connectivity index (χ0n) is 13.4. The molecule has 118 valence electrons. The van der Waals surface area contributed by atoms with Gasteiger partial charge in [-0.05, 0) is 36.6 Å². The number of aliphatic hydroxyl groups excluding tert-OH is 1. The van der Waals surface area contributed by atoms with Crippen molar-refractivity contribution in [2.24, 2.45) is 0 Å². The average molecular weight is 299 g/mol. The van der Waals surface area contributed by atoms with Crippen molar-refractivity contribution >= 4 is 0 Å². The zero-order valence-corrected chi connectivity index (χ0v) is 13.4. The molecule has 1 atom stereocenters. The molecule has 0 aliphatic carbocycles. The van der Waals surface area contributed by atoms with Crippen LogP contribution in [0.25, 0.3) is 0 Å². The standard InChI is InChI=1S/C19H25NO2/c1-3-18(13-21)20-12-16-7-9-19(10-8-16)22-14-17-6-4-5-15(2)11-17/h4-11,18,20-21H,3,12-14H2,1-2H3/t18-/m1/s1. The molecule has 0 saturated heterocycles. The first-order valence-electron chi connectivity index (χ1n) is 7.82. The summed E-state index contributed by atoms with van der Waals surface area (Å²) in [5.41, 5.74) is 3.62. The van der Waals surface area contributed by atoms with Gasteiger partial charge in [0, 0.05) is 12.6 Å². The van der Waals surface area contributed by atoms with Crippen LogP contribution in [0.15, 0.2) is 48.5 Å². The van der Waals surface area contributed by atoms with Crippen LogP contribution in [0.2, 0.25) is 0 Å². The highest BCUT2D eigenvalue weighted by atomic mass is 16.5. The van der Waals surface area contributed by atoms with Gasteiger partial charge in [-0.25, -0.2) is 0 Å². The molecule has 0 amide bonds. The summed E-state index contributed by atoms with van der Waals surface area (Å²) in [6.45, 7) is 5.67. The lowest BCUT2D eigenvalue weighted by molar-refractivity contribution is 0.238. The van der Waals surface area contributed by atoms with Crippen LogP contribution >= 0.6 is 0 Å². The first-order chi connectivity index (χ1) is 10.7. The topological polar surface area (TPSA) is 41.5 Å². The van der Waals surface area contributed by atoms with E-state index in [4.69, 9.17) is 9.84 Å². The van der Waals surface area contributed by atoms with Crippen molar-refractivity contribution in [2.45, 2.75) is 39.5 Å². The van der Waals surface area contributed by atoms with Crippen molar-refractivity contribution in [1.82, 2.24) is 5.32 Å². The van der Waals surface area contributed by atoms with Gasteiger partial charge in [0.1, 0.15) is 12.4 Å². The van der Waals surface area contributed by atoms with Crippen LogP contribution < -0.4 is 10.1 Å². The van der Waals surface area contributed by atoms with Crippen LogP contribution in [0.1, 0.15) is 30.0 Å². The molecule has 0 heterocycles. The van der Waals surface area contributed by atoms with Crippen LogP contribution in [0, 0.1) is 6.92 Å². The molecule has 0 fully saturated rings. The molecule has 3 heteroatoms. The summed E-state index contributed by atoms with van der Waals surface area (Å²) in [7, 11) is 0. The van der Waals surface area contributed by atoms with E-state index in [0.717, 1.165) is 18.7 Å². The minimum atomic E-state index is 0.164. The van der Waals surface area contributed by atoms with E-state index in [1.54, 1.807) is 0 Å². The lowest BCUT2D eigenvalue weighted by atomic mass is 10.1. The van der Waals surface area contributed by atoms with Crippen molar-refractivity contribution in [1.29, 1.82) is 0 Å². The summed E-state index contributed by atoms with van der Waals surface area (Å²) >= 11 is 0. The van der Waals surface area contributed by atoms with Gasteiger partial charge < -0.3 is 15.2 Å². The number of hydrogen-bond acceptors (Lipinski definition) is 3. The van der Waals surface area contributed by atoms with Gasteiger partial charge in [-0.1, -0.05) is 48.9 Å². The van der Waals surface area contributed by atoms with E-state index in [9.17, 15) is 0 Å². The Labute approximate surface area is 133 Å². The maximum Gasteiger partial charge on any atom is 0.119 e. The predicted octanol–water partition coefficient (Wildman–Crippen LogP) is 3.43. The van der Waals surface area contributed by atoms with Crippen molar-refractivity contribution < 1.29 is 9.84 Å². The number of aliphatic hydroxyl groups is 1. The molecule has 0 bridgehead atoms. The van der Waals surface area contributed by atoms with Gasteiger partial charge in [-0.15, -0.1) is 0 Å². The van der Waals surface area contributed by atoms with E-state index >= 15 is 0 Å². The highest BCUT2D eigenvalue weighted by Crippen LogP contribution is 2.15. The Morgan fingerprint density at radius 3 is 2.50 bits per heavy atom. The largest absolute Gasteiger partial charge is 0.489 e. The molecule has 0 aromatic heterocycles. The quantitative estimate of drug-likeness (QED) is 0.784. The van der Waals surface area contributed by atoms with Gasteiger partial charge in [0.05, 0.1) is 6.61 Å². The third-order valence-electron chi connectivity index (χ3n) is 3.72. The molecular weight excluding hydrogens is 274 g/mol. The van der Waals surface area contributed by atoms with E-state index < -0.39 is 0 Å².